The van der Waals surface area contributed by atoms with Gasteiger partial charge in [-0.2, -0.15) is 0 Å². The van der Waals surface area contributed by atoms with E-state index in [-0.39, 0.29) is 29.5 Å². The van der Waals surface area contributed by atoms with Crippen LogP contribution in [0, 0.1) is 0 Å². The molecule has 0 aliphatic rings. The quantitative estimate of drug-likeness (QED) is 0.459. The van der Waals surface area contributed by atoms with E-state index >= 15 is 0 Å². The van der Waals surface area contributed by atoms with Gasteiger partial charge in [0.05, 0.1) is 6.54 Å². The number of aliphatic imine (C=N–C) groups is 1. The summed E-state index contributed by atoms with van der Waals surface area (Å²) < 4.78 is 5.35. The third-order valence-electron chi connectivity index (χ3n) is 2.78. The molecule has 5 nitrogen and oxygen atoms in total. The van der Waals surface area contributed by atoms with Crippen molar-refractivity contribution in [2.45, 2.75) is 32.9 Å². The molecule has 1 aromatic carbocycles. The summed E-state index contributed by atoms with van der Waals surface area (Å²) in [6, 6.07) is 11.9. The number of halogens is 1. The molecule has 2 N–H and O–H groups in total. The van der Waals surface area contributed by atoms with Crippen molar-refractivity contribution in [2.24, 2.45) is 4.99 Å². The van der Waals surface area contributed by atoms with Gasteiger partial charge >= 0.3 is 0 Å². The summed E-state index contributed by atoms with van der Waals surface area (Å²) in [5.74, 6) is 1.51. The molecule has 0 radical (unpaired) electrons. The van der Waals surface area contributed by atoms with Gasteiger partial charge in [-0.3, -0.25) is 4.99 Å². The van der Waals surface area contributed by atoms with Crippen LogP contribution in [0.4, 0.5) is 0 Å². The highest BCUT2D eigenvalue weighted by atomic mass is 127. The Labute approximate surface area is 148 Å². The molecule has 0 atom stereocenters. The summed E-state index contributed by atoms with van der Waals surface area (Å²) in [6.07, 6.45) is 0. The lowest BCUT2D eigenvalue weighted by Crippen LogP contribution is -2.47. The van der Waals surface area contributed by atoms with Crippen LogP contribution in [0.25, 0.3) is 11.3 Å². The zero-order valence-corrected chi connectivity index (χ0v) is 15.7. The Morgan fingerprint density at radius 2 is 1.91 bits per heavy atom. The van der Waals surface area contributed by atoms with Crippen molar-refractivity contribution in [3.63, 3.8) is 0 Å². The van der Waals surface area contributed by atoms with Gasteiger partial charge in [0, 0.05) is 24.2 Å². The van der Waals surface area contributed by atoms with Gasteiger partial charge in [0.2, 0.25) is 0 Å². The van der Waals surface area contributed by atoms with Gasteiger partial charge in [0.25, 0.3) is 0 Å². The summed E-state index contributed by atoms with van der Waals surface area (Å²) >= 11 is 0. The van der Waals surface area contributed by atoms with Crippen molar-refractivity contribution in [2.75, 3.05) is 7.05 Å². The van der Waals surface area contributed by atoms with E-state index in [0.717, 1.165) is 23.0 Å². The minimum Gasteiger partial charge on any atom is -0.359 e. The lowest BCUT2D eigenvalue weighted by Gasteiger charge is -2.23. The normalized spacial score (nSPS) is 11.7. The largest absolute Gasteiger partial charge is 0.359 e. The first kappa shape index (κ1) is 18.5. The molecule has 0 saturated carbocycles. The first-order valence-corrected chi connectivity index (χ1v) is 6.98. The third-order valence-corrected chi connectivity index (χ3v) is 2.78. The Kier molecular flexibility index (Phi) is 6.86. The number of aromatic nitrogens is 1. The molecule has 0 aliphatic heterocycles. The van der Waals surface area contributed by atoms with Gasteiger partial charge < -0.3 is 15.2 Å². The second-order valence-corrected chi connectivity index (χ2v) is 5.85. The van der Waals surface area contributed by atoms with Crippen molar-refractivity contribution < 1.29 is 4.52 Å². The molecule has 0 spiro atoms. The summed E-state index contributed by atoms with van der Waals surface area (Å²) in [5, 5.41) is 10.6. The Hall–Kier alpha value is -1.57. The summed E-state index contributed by atoms with van der Waals surface area (Å²) in [5.41, 5.74) is 1.84. The van der Waals surface area contributed by atoms with Gasteiger partial charge in [0.15, 0.2) is 11.7 Å². The van der Waals surface area contributed by atoms with Crippen LogP contribution < -0.4 is 10.6 Å². The lowest BCUT2D eigenvalue weighted by atomic mass is 10.1. The van der Waals surface area contributed by atoms with Crippen molar-refractivity contribution >= 4 is 29.9 Å². The van der Waals surface area contributed by atoms with E-state index in [1.165, 1.54) is 0 Å². The minimum atomic E-state index is -0.0432. The van der Waals surface area contributed by atoms with Gasteiger partial charge in [-0.05, 0) is 20.8 Å². The Morgan fingerprint density at radius 1 is 1.23 bits per heavy atom. The number of benzene rings is 1. The number of nitrogens with one attached hydrogen (secondary N) is 2. The highest BCUT2D eigenvalue weighted by Gasteiger charge is 2.12. The van der Waals surface area contributed by atoms with Crippen LogP contribution in [0.5, 0.6) is 0 Å². The third kappa shape index (κ3) is 5.67. The molecular formula is C16H23IN4O. The highest BCUT2D eigenvalue weighted by molar-refractivity contribution is 14.0. The maximum absolute atomic E-state index is 5.35. The molecule has 120 valence electrons. The van der Waals surface area contributed by atoms with Crippen LogP contribution >= 0.6 is 24.0 Å². The molecule has 22 heavy (non-hydrogen) atoms. The number of hydrogen-bond acceptors (Lipinski definition) is 3. The number of rotatable bonds is 3. The van der Waals surface area contributed by atoms with Crippen molar-refractivity contribution in [1.82, 2.24) is 15.8 Å². The van der Waals surface area contributed by atoms with Crippen molar-refractivity contribution in [3.8, 4) is 11.3 Å². The molecular weight excluding hydrogens is 391 g/mol. The van der Waals surface area contributed by atoms with Gasteiger partial charge in [-0.25, -0.2) is 0 Å². The monoisotopic (exact) mass is 414 g/mol. The average molecular weight is 414 g/mol. The first-order valence-electron chi connectivity index (χ1n) is 6.98. The molecule has 6 heteroatoms. The van der Waals surface area contributed by atoms with Crippen LogP contribution in [0.2, 0.25) is 0 Å². The molecule has 0 fully saturated rings. The zero-order valence-electron chi connectivity index (χ0n) is 13.4. The maximum Gasteiger partial charge on any atom is 0.191 e. The fourth-order valence-electron chi connectivity index (χ4n) is 1.85. The predicted octanol–water partition coefficient (Wildman–Crippen LogP) is 3.42. The number of hydrogen-bond donors (Lipinski definition) is 2. The summed E-state index contributed by atoms with van der Waals surface area (Å²) in [4.78, 5) is 4.19. The summed E-state index contributed by atoms with van der Waals surface area (Å²) in [6.45, 7) is 6.79. The standard InChI is InChI=1S/C16H22N4O.HI/c1-16(2,3)19-15(17-4)18-11-13-10-14(20-21-13)12-8-6-5-7-9-12;/h5-10H,11H2,1-4H3,(H2,17,18,19);1H. The molecule has 1 aromatic heterocycles. The molecule has 0 amide bonds. The van der Waals surface area contributed by atoms with Crippen LogP contribution in [-0.4, -0.2) is 23.7 Å². The molecule has 0 aliphatic carbocycles. The fourth-order valence-corrected chi connectivity index (χ4v) is 1.85. The topological polar surface area (TPSA) is 62.5 Å². The van der Waals surface area contributed by atoms with E-state index in [9.17, 15) is 0 Å². The van der Waals surface area contributed by atoms with E-state index < -0.39 is 0 Å². The molecule has 2 rings (SSSR count). The maximum atomic E-state index is 5.35. The van der Waals surface area contributed by atoms with Crippen LogP contribution in [0.1, 0.15) is 26.5 Å². The first-order chi connectivity index (χ1) is 9.98. The summed E-state index contributed by atoms with van der Waals surface area (Å²) in [7, 11) is 1.75. The van der Waals surface area contributed by atoms with Gasteiger partial charge in [-0.1, -0.05) is 35.5 Å². The van der Waals surface area contributed by atoms with Crippen LogP contribution in [0.15, 0.2) is 45.9 Å². The molecule has 1 heterocycles. The van der Waals surface area contributed by atoms with Crippen molar-refractivity contribution in [1.29, 1.82) is 0 Å². The molecule has 0 unspecified atom stereocenters. The number of nitrogens with zero attached hydrogens (tertiary/aromatic N) is 2. The van der Waals surface area contributed by atoms with E-state index in [0.29, 0.717) is 6.54 Å². The Bertz CT molecular complexity index is 602. The zero-order chi connectivity index (χ0) is 15.3. The Balaban J connectivity index is 0.00000242. The van der Waals surface area contributed by atoms with E-state index in [4.69, 9.17) is 4.52 Å². The fraction of sp³-hybridized carbons (Fsp3) is 0.375. The minimum absolute atomic E-state index is 0. The average Bonchev–Trinajstić information content (AvgIpc) is 2.92. The van der Waals surface area contributed by atoms with Crippen LogP contribution in [0.3, 0.4) is 0 Å². The molecule has 0 bridgehead atoms. The van der Waals surface area contributed by atoms with Gasteiger partial charge in [-0.15, -0.1) is 24.0 Å². The second kappa shape index (κ2) is 8.17. The highest BCUT2D eigenvalue weighted by Crippen LogP contribution is 2.18. The lowest BCUT2D eigenvalue weighted by molar-refractivity contribution is 0.381. The van der Waals surface area contributed by atoms with Gasteiger partial charge in [0.1, 0.15) is 5.69 Å². The number of guanidine groups is 1. The van der Waals surface area contributed by atoms with E-state index in [1.807, 2.05) is 36.4 Å². The second-order valence-electron chi connectivity index (χ2n) is 5.85. The van der Waals surface area contributed by atoms with Crippen molar-refractivity contribution in [3.05, 3.63) is 42.2 Å². The molecule has 0 saturated heterocycles. The Morgan fingerprint density at radius 3 is 2.50 bits per heavy atom. The van der Waals surface area contributed by atoms with E-state index in [1.54, 1.807) is 7.05 Å². The smallest absolute Gasteiger partial charge is 0.191 e. The molecule has 2 aromatic rings. The SMILES string of the molecule is CN=C(NCc1cc(-c2ccccc2)no1)NC(C)(C)C.I. The predicted molar refractivity (Wildman–Crippen MR) is 100 cm³/mol. The van der Waals surface area contributed by atoms with Crippen LogP contribution in [-0.2, 0) is 6.54 Å². The van der Waals surface area contributed by atoms with E-state index in [2.05, 4.69) is 41.6 Å².